The highest BCUT2D eigenvalue weighted by Crippen LogP contribution is 2.30. The third kappa shape index (κ3) is 6.54. The molecule has 0 saturated heterocycles. The van der Waals surface area contributed by atoms with Crippen molar-refractivity contribution >= 4 is 33.2 Å². The fourth-order valence-electron chi connectivity index (χ4n) is 3.78. The molecule has 0 aromatic heterocycles. The number of carbonyl (C=O) groups is 2. The maximum Gasteiger partial charge on any atom is 0.240 e. The van der Waals surface area contributed by atoms with E-state index >= 15 is 0 Å². The number of ether oxygens (including phenoxy) is 1. The fraction of sp³-hybridized carbons (Fsp3) is 0.391. The Morgan fingerprint density at radius 2 is 1.47 bits per heavy atom. The Morgan fingerprint density at radius 1 is 0.906 bits per heavy atom. The molecule has 0 spiro atoms. The number of methoxy groups -OCH3 is 1. The topological polar surface area (TPSA) is 114 Å². The summed E-state index contributed by atoms with van der Waals surface area (Å²) in [5.41, 5.74) is 1.35. The third-order valence-electron chi connectivity index (χ3n) is 5.62. The van der Waals surface area contributed by atoms with Crippen molar-refractivity contribution in [2.24, 2.45) is 11.8 Å². The summed E-state index contributed by atoms with van der Waals surface area (Å²) in [6.45, 7) is 1.80. The van der Waals surface area contributed by atoms with E-state index in [0.717, 1.165) is 12.8 Å². The molecule has 3 rings (SSSR count). The van der Waals surface area contributed by atoms with Crippen LogP contribution in [-0.4, -0.2) is 33.9 Å². The van der Waals surface area contributed by atoms with Crippen molar-refractivity contribution in [3.63, 3.8) is 0 Å². The summed E-state index contributed by atoms with van der Waals surface area (Å²) in [4.78, 5) is 23.9. The molecule has 0 atom stereocenters. The van der Waals surface area contributed by atoms with E-state index < -0.39 is 10.0 Å². The van der Waals surface area contributed by atoms with E-state index in [1.165, 1.54) is 26.2 Å². The van der Waals surface area contributed by atoms with Gasteiger partial charge in [-0.3, -0.25) is 9.59 Å². The number of benzene rings is 2. The van der Waals surface area contributed by atoms with Crippen molar-refractivity contribution in [1.29, 1.82) is 0 Å². The van der Waals surface area contributed by atoms with Gasteiger partial charge in [-0.25, -0.2) is 13.1 Å². The Morgan fingerprint density at radius 3 is 2.00 bits per heavy atom. The number of nitrogens with one attached hydrogen (secondary N) is 3. The van der Waals surface area contributed by atoms with Crippen LogP contribution in [0.2, 0.25) is 0 Å². The molecule has 172 valence electrons. The Hall–Kier alpha value is -2.91. The first-order chi connectivity index (χ1) is 15.3. The molecule has 1 fully saturated rings. The Labute approximate surface area is 188 Å². The quantitative estimate of drug-likeness (QED) is 0.560. The molecule has 0 unspecified atom stereocenters. The van der Waals surface area contributed by atoms with Crippen LogP contribution in [0.5, 0.6) is 5.75 Å². The molecule has 32 heavy (non-hydrogen) atoms. The van der Waals surface area contributed by atoms with Crippen molar-refractivity contribution in [3.8, 4) is 5.75 Å². The van der Waals surface area contributed by atoms with Gasteiger partial charge in [0.25, 0.3) is 0 Å². The van der Waals surface area contributed by atoms with Crippen molar-refractivity contribution in [2.45, 2.75) is 37.5 Å². The van der Waals surface area contributed by atoms with E-state index in [2.05, 4.69) is 15.4 Å². The second-order valence-corrected chi connectivity index (χ2v) is 9.76. The minimum Gasteiger partial charge on any atom is -0.497 e. The average Bonchev–Trinajstić information content (AvgIpc) is 2.79. The zero-order valence-corrected chi connectivity index (χ0v) is 19.1. The SMILES string of the molecule is COc1ccc(S(=O)(=O)NCC2CCC(C(=O)Nc3ccc(NC(C)=O)cc3)CC2)cc1. The molecular weight excluding hydrogens is 430 g/mol. The summed E-state index contributed by atoms with van der Waals surface area (Å²) in [7, 11) is -2.05. The number of carbonyl (C=O) groups excluding carboxylic acids is 2. The van der Waals surface area contributed by atoms with E-state index in [1.54, 1.807) is 36.4 Å². The second-order valence-electron chi connectivity index (χ2n) is 7.99. The van der Waals surface area contributed by atoms with Gasteiger partial charge >= 0.3 is 0 Å². The summed E-state index contributed by atoms with van der Waals surface area (Å²) >= 11 is 0. The van der Waals surface area contributed by atoms with Crippen molar-refractivity contribution in [1.82, 2.24) is 4.72 Å². The van der Waals surface area contributed by atoms with Gasteiger partial charge in [0.05, 0.1) is 12.0 Å². The number of sulfonamides is 1. The molecule has 0 bridgehead atoms. The Balaban J connectivity index is 1.45. The van der Waals surface area contributed by atoms with E-state index in [0.29, 0.717) is 36.5 Å². The van der Waals surface area contributed by atoms with Gasteiger partial charge in [0.2, 0.25) is 21.8 Å². The van der Waals surface area contributed by atoms with Gasteiger partial charge in [0.15, 0.2) is 0 Å². The first-order valence-electron chi connectivity index (χ1n) is 10.6. The molecule has 0 aliphatic heterocycles. The van der Waals surface area contributed by atoms with Crippen LogP contribution in [0.25, 0.3) is 0 Å². The Kier molecular flexibility index (Phi) is 7.87. The van der Waals surface area contributed by atoms with Crippen LogP contribution < -0.4 is 20.1 Å². The number of anilines is 2. The maximum atomic E-state index is 12.6. The van der Waals surface area contributed by atoms with E-state index in [9.17, 15) is 18.0 Å². The minimum absolute atomic E-state index is 0.0328. The smallest absolute Gasteiger partial charge is 0.240 e. The van der Waals surface area contributed by atoms with Crippen molar-refractivity contribution in [2.75, 3.05) is 24.3 Å². The highest BCUT2D eigenvalue weighted by molar-refractivity contribution is 7.89. The molecule has 3 N–H and O–H groups in total. The predicted octanol–water partition coefficient (Wildman–Crippen LogP) is 3.38. The summed E-state index contributed by atoms with van der Waals surface area (Å²) in [6, 6.07) is 13.3. The third-order valence-corrected chi connectivity index (χ3v) is 7.06. The maximum absolute atomic E-state index is 12.6. The van der Waals surface area contributed by atoms with E-state index in [1.807, 2.05) is 0 Å². The lowest BCUT2D eigenvalue weighted by Crippen LogP contribution is -2.33. The normalized spacial score (nSPS) is 18.6. The van der Waals surface area contributed by atoms with Crippen LogP contribution in [0.1, 0.15) is 32.6 Å². The Bertz CT molecular complexity index is 1030. The predicted molar refractivity (Wildman–Crippen MR) is 123 cm³/mol. The van der Waals surface area contributed by atoms with Gasteiger partial charge in [-0.15, -0.1) is 0 Å². The first kappa shape index (κ1) is 23.7. The second kappa shape index (κ2) is 10.6. The van der Waals surface area contributed by atoms with Gasteiger partial charge in [-0.05, 0) is 80.1 Å². The van der Waals surface area contributed by atoms with Crippen LogP contribution in [0.3, 0.4) is 0 Å². The standard InChI is InChI=1S/C23H29N3O5S/c1-16(27)25-19-7-9-20(10-8-19)26-23(28)18-5-3-17(4-6-18)15-24-32(29,30)22-13-11-21(31-2)12-14-22/h7-14,17-18,24H,3-6,15H2,1-2H3,(H,25,27)(H,26,28). The highest BCUT2D eigenvalue weighted by atomic mass is 32.2. The van der Waals surface area contributed by atoms with Crippen molar-refractivity contribution in [3.05, 3.63) is 48.5 Å². The largest absolute Gasteiger partial charge is 0.497 e. The minimum atomic E-state index is -3.58. The number of amides is 2. The summed E-state index contributed by atoms with van der Waals surface area (Å²) in [5.74, 6) is 0.520. The lowest BCUT2D eigenvalue weighted by Gasteiger charge is -2.28. The number of hydrogen-bond donors (Lipinski definition) is 3. The first-order valence-corrected chi connectivity index (χ1v) is 12.1. The van der Waals surface area contributed by atoms with Crippen LogP contribution in [0.15, 0.2) is 53.4 Å². The molecule has 0 heterocycles. The highest BCUT2D eigenvalue weighted by Gasteiger charge is 2.27. The van der Waals surface area contributed by atoms with Gasteiger partial charge < -0.3 is 15.4 Å². The lowest BCUT2D eigenvalue weighted by molar-refractivity contribution is -0.121. The van der Waals surface area contributed by atoms with Crippen molar-refractivity contribution < 1.29 is 22.7 Å². The molecule has 1 aliphatic carbocycles. The molecule has 2 aromatic carbocycles. The van der Waals surface area contributed by atoms with Gasteiger partial charge in [-0.1, -0.05) is 0 Å². The van der Waals surface area contributed by atoms with Gasteiger partial charge in [0, 0.05) is 30.8 Å². The summed E-state index contributed by atoms with van der Waals surface area (Å²) in [5, 5.41) is 5.61. The van der Waals surface area contributed by atoms with E-state index in [4.69, 9.17) is 4.74 Å². The van der Waals surface area contributed by atoms with Crippen LogP contribution in [-0.2, 0) is 19.6 Å². The molecule has 1 aliphatic rings. The zero-order valence-electron chi connectivity index (χ0n) is 18.3. The number of rotatable bonds is 8. The summed E-state index contributed by atoms with van der Waals surface area (Å²) in [6.07, 6.45) is 2.99. The molecule has 8 nitrogen and oxygen atoms in total. The van der Waals surface area contributed by atoms with E-state index in [-0.39, 0.29) is 28.5 Å². The summed E-state index contributed by atoms with van der Waals surface area (Å²) < 4.78 is 32.7. The van der Waals surface area contributed by atoms with Crippen LogP contribution in [0, 0.1) is 11.8 Å². The molecular formula is C23H29N3O5S. The lowest BCUT2D eigenvalue weighted by atomic mass is 9.81. The fourth-order valence-corrected chi connectivity index (χ4v) is 4.90. The average molecular weight is 460 g/mol. The monoisotopic (exact) mass is 459 g/mol. The molecule has 1 saturated carbocycles. The molecule has 2 aromatic rings. The van der Waals surface area contributed by atoms with Crippen LogP contribution >= 0.6 is 0 Å². The molecule has 0 radical (unpaired) electrons. The van der Waals surface area contributed by atoms with Gasteiger partial charge in [-0.2, -0.15) is 0 Å². The number of hydrogen-bond acceptors (Lipinski definition) is 5. The van der Waals surface area contributed by atoms with Gasteiger partial charge in [0.1, 0.15) is 5.75 Å². The zero-order chi connectivity index (χ0) is 23.1. The molecule has 2 amide bonds. The van der Waals surface area contributed by atoms with Crippen LogP contribution in [0.4, 0.5) is 11.4 Å². The molecule has 9 heteroatoms.